The van der Waals surface area contributed by atoms with Crippen molar-refractivity contribution in [2.75, 3.05) is 27.2 Å². The maximum atomic E-state index is 13.0. The van der Waals surface area contributed by atoms with Crippen molar-refractivity contribution in [3.63, 3.8) is 0 Å². The molecular formula is C18H30FN3O2. The van der Waals surface area contributed by atoms with Crippen molar-refractivity contribution < 1.29 is 14.3 Å². The third kappa shape index (κ3) is 6.09. The molecule has 0 aliphatic rings. The van der Waals surface area contributed by atoms with Gasteiger partial charge in [-0.3, -0.25) is 0 Å². The van der Waals surface area contributed by atoms with Crippen LogP contribution in [0.15, 0.2) is 24.3 Å². The highest BCUT2D eigenvalue weighted by Crippen LogP contribution is 2.22. The molecule has 0 aliphatic heterocycles. The van der Waals surface area contributed by atoms with E-state index in [1.165, 1.54) is 24.3 Å². The topological polar surface area (TPSA) is 64.6 Å². The minimum atomic E-state index is -1.27. The number of nitrogens with one attached hydrogen (secondary N) is 2. The van der Waals surface area contributed by atoms with Crippen molar-refractivity contribution in [1.29, 1.82) is 0 Å². The summed E-state index contributed by atoms with van der Waals surface area (Å²) in [4.78, 5) is 14.2. The summed E-state index contributed by atoms with van der Waals surface area (Å²) < 4.78 is 13.0. The first kappa shape index (κ1) is 20.4. The lowest BCUT2D eigenvalue weighted by atomic mass is 9.85. The Morgan fingerprint density at radius 3 is 2.29 bits per heavy atom. The molecule has 0 aliphatic carbocycles. The van der Waals surface area contributed by atoms with Crippen LogP contribution in [0.2, 0.25) is 0 Å². The summed E-state index contributed by atoms with van der Waals surface area (Å²) in [5.74, 6) is -0.364. The number of rotatable bonds is 7. The van der Waals surface area contributed by atoms with Gasteiger partial charge in [-0.05, 0) is 51.1 Å². The van der Waals surface area contributed by atoms with E-state index in [2.05, 4.69) is 29.4 Å². The Morgan fingerprint density at radius 2 is 1.79 bits per heavy atom. The van der Waals surface area contributed by atoms with E-state index in [0.29, 0.717) is 5.56 Å². The molecule has 0 bridgehead atoms. The van der Waals surface area contributed by atoms with Crippen molar-refractivity contribution in [2.24, 2.45) is 5.41 Å². The zero-order chi connectivity index (χ0) is 18.5. The first-order valence-corrected chi connectivity index (χ1v) is 8.11. The number of amides is 2. The lowest BCUT2D eigenvalue weighted by Gasteiger charge is -2.35. The first-order chi connectivity index (χ1) is 10.9. The van der Waals surface area contributed by atoms with E-state index in [4.69, 9.17) is 0 Å². The molecule has 5 nitrogen and oxygen atoms in total. The van der Waals surface area contributed by atoms with Gasteiger partial charge in [0.2, 0.25) is 0 Å². The van der Waals surface area contributed by atoms with Gasteiger partial charge in [0, 0.05) is 12.6 Å². The number of benzene rings is 1. The molecule has 1 aromatic rings. The van der Waals surface area contributed by atoms with E-state index in [1.807, 2.05) is 21.0 Å². The Bertz CT molecular complexity index is 542. The van der Waals surface area contributed by atoms with Crippen LogP contribution >= 0.6 is 0 Å². The van der Waals surface area contributed by atoms with E-state index < -0.39 is 5.60 Å². The number of carbonyl (C=O) groups excluding carboxylic acids is 1. The Morgan fingerprint density at radius 1 is 1.25 bits per heavy atom. The van der Waals surface area contributed by atoms with Gasteiger partial charge in [0.1, 0.15) is 11.4 Å². The van der Waals surface area contributed by atoms with Crippen LogP contribution in [0.1, 0.15) is 33.3 Å². The maximum Gasteiger partial charge on any atom is 0.315 e. The lowest BCUT2D eigenvalue weighted by molar-refractivity contribution is 0.0589. The number of carbonyl (C=O) groups is 1. The van der Waals surface area contributed by atoms with Crippen molar-refractivity contribution >= 4 is 6.03 Å². The molecule has 136 valence electrons. The van der Waals surface area contributed by atoms with Crippen LogP contribution < -0.4 is 10.6 Å². The summed E-state index contributed by atoms with van der Waals surface area (Å²) in [5.41, 5.74) is -0.821. The lowest BCUT2D eigenvalue weighted by Crippen LogP contribution is -2.52. The van der Waals surface area contributed by atoms with Crippen LogP contribution in [0.3, 0.4) is 0 Å². The predicted molar refractivity (Wildman–Crippen MR) is 94.3 cm³/mol. The average Bonchev–Trinajstić information content (AvgIpc) is 2.44. The molecule has 3 N–H and O–H groups in total. The molecule has 2 amide bonds. The molecule has 0 spiro atoms. The Labute approximate surface area is 144 Å². The molecule has 0 saturated heterocycles. The third-order valence-corrected chi connectivity index (χ3v) is 4.30. The smallest absolute Gasteiger partial charge is 0.315 e. The van der Waals surface area contributed by atoms with Gasteiger partial charge in [-0.1, -0.05) is 26.0 Å². The normalized spacial score (nSPS) is 15.7. The zero-order valence-corrected chi connectivity index (χ0v) is 15.5. The molecule has 0 heterocycles. The highest BCUT2D eigenvalue weighted by Gasteiger charge is 2.29. The largest absolute Gasteiger partial charge is 0.384 e. The van der Waals surface area contributed by atoms with Crippen molar-refractivity contribution in [3.8, 4) is 0 Å². The molecule has 0 saturated carbocycles. The number of nitrogens with zero attached hydrogens (tertiary/aromatic N) is 1. The van der Waals surface area contributed by atoms with Crippen LogP contribution in [0.4, 0.5) is 9.18 Å². The Kier molecular flexibility index (Phi) is 6.75. The van der Waals surface area contributed by atoms with Gasteiger partial charge in [-0.2, -0.15) is 0 Å². The second kappa shape index (κ2) is 7.94. The summed E-state index contributed by atoms with van der Waals surface area (Å²) in [6.45, 7) is 8.59. The fraction of sp³-hybridized carbons (Fsp3) is 0.611. The minimum absolute atomic E-state index is 0.0330. The average molecular weight is 339 g/mol. The van der Waals surface area contributed by atoms with Crippen molar-refractivity contribution in [3.05, 3.63) is 35.6 Å². The molecule has 1 rings (SSSR count). The van der Waals surface area contributed by atoms with Crippen molar-refractivity contribution in [2.45, 2.75) is 39.3 Å². The molecule has 2 unspecified atom stereocenters. The van der Waals surface area contributed by atoms with Gasteiger partial charge in [-0.25, -0.2) is 9.18 Å². The van der Waals surface area contributed by atoms with Crippen LogP contribution in [-0.4, -0.2) is 49.3 Å². The zero-order valence-electron chi connectivity index (χ0n) is 15.5. The van der Waals surface area contributed by atoms with Crippen LogP contribution in [0, 0.1) is 11.2 Å². The van der Waals surface area contributed by atoms with E-state index in [0.717, 1.165) is 6.54 Å². The van der Waals surface area contributed by atoms with Gasteiger partial charge < -0.3 is 20.6 Å². The van der Waals surface area contributed by atoms with Crippen LogP contribution in [-0.2, 0) is 5.60 Å². The van der Waals surface area contributed by atoms with Gasteiger partial charge in [0.05, 0.1) is 6.54 Å². The van der Waals surface area contributed by atoms with Gasteiger partial charge in [-0.15, -0.1) is 0 Å². The number of hydrogen-bond acceptors (Lipinski definition) is 3. The van der Waals surface area contributed by atoms with E-state index >= 15 is 0 Å². The van der Waals surface area contributed by atoms with Gasteiger partial charge in [0.25, 0.3) is 0 Å². The van der Waals surface area contributed by atoms with E-state index in [9.17, 15) is 14.3 Å². The Balaban J connectivity index is 2.57. The molecule has 0 radical (unpaired) electrons. The van der Waals surface area contributed by atoms with Crippen molar-refractivity contribution in [1.82, 2.24) is 15.5 Å². The summed E-state index contributed by atoms with van der Waals surface area (Å²) in [5, 5.41) is 16.1. The van der Waals surface area contributed by atoms with E-state index in [1.54, 1.807) is 6.92 Å². The summed E-state index contributed by atoms with van der Waals surface area (Å²) in [6, 6.07) is 5.22. The third-order valence-electron chi connectivity index (χ3n) is 4.30. The van der Waals surface area contributed by atoms with Crippen LogP contribution in [0.5, 0.6) is 0 Å². The highest BCUT2D eigenvalue weighted by atomic mass is 19.1. The maximum absolute atomic E-state index is 13.0. The second-order valence-corrected chi connectivity index (χ2v) is 7.56. The van der Waals surface area contributed by atoms with E-state index in [-0.39, 0.29) is 29.8 Å². The predicted octanol–water partition coefficient (Wildman–Crippen LogP) is 2.31. The molecule has 1 aromatic carbocycles. The molecular weight excluding hydrogens is 309 g/mol. The van der Waals surface area contributed by atoms with Gasteiger partial charge >= 0.3 is 6.03 Å². The molecule has 0 fully saturated rings. The molecule has 24 heavy (non-hydrogen) atoms. The fourth-order valence-electron chi connectivity index (χ4n) is 2.56. The highest BCUT2D eigenvalue weighted by molar-refractivity contribution is 5.74. The summed E-state index contributed by atoms with van der Waals surface area (Å²) in [6.07, 6.45) is 0. The fourth-order valence-corrected chi connectivity index (χ4v) is 2.56. The Hall–Kier alpha value is -1.66. The number of urea groups is 1. The molecule has 2 atom stereocenters. The summed E-state index contributed by atoms with van der Waals surface area (Å²) in [7, 11) is 3.99. The monoisotopic (exact) mass is 339 g/mol. The minimum Gasteiger partial charge on any atom is -0.384 e. The standard InChI is InChI=1S/C18H30FN3O2/c1-13(17(2,3)12-22(5)6)21-16(23)20-11-18(4,24)14-7-9-15(19)10-8-14/h7-10,13,24H,11-12H2,1-6H3,(H2,20,21,23). The first-order valence-electron chi connectivity index (χ1n) is 8.11. The second-order valence-electron chi connectivity index (χ2n) is 7.56. The summed E-state index contributed by atoms with van der Waals surface area (Å²) >= 11 is 0. The number of aliphatic hydroxyl groups is 1. The number of hydrogen-bond donors (Lipinski definition) is 3. The molecule has 6 heteroatoms. The number of halogens is 1. The van der Waals surface area contributed by atoms with Gasteiger partial charge in [0.15, 0.2) is 0 Å². The van der Waals surface area contributed by atoms with Crippen LogP contribution in [0.25, 0.3) is 0 Å². The SMILES string of the molecule is CC(NC(=O)NCC(C)(O)c1ccc(F)cc1)C(C)(C)CN(C)C. The molecule has 0 aromatic heterocycles. The quantitative estimate of drug-likeness (QED) is 0.714.